The Morgan fingerprint density at radius 1 is 1.13 bits per heavy atom. The summed E-state index contributed by atoms with van der Waals surface area (Å²) in [6.45, 7) is 0.405. The van der Waals surface area contributed by atoms with E-state index in [0.29, 0.717) is 11.3 Å². The van der Waals surface area contributed by atoms with Crippen molar-refractivity contribution in [3.8, 4) is 5.75 Å². The van der Waals surface area contributed by atoms with Crippen molar-refractivity contribution in [1.82, 2.24) is 0 Å². The molecule has 0 aliphatic carbocycles. The Morgan fingerprint density at radius 2 is 1.93 bits per heavy atom. The van der Waals surface area contributed by atoms with E-state index in [-0.39, 0.29) is 24.2 Å². The molecule has 30 heavy (non-hydrogen) atoms. The first kappa shape index (κ1) is 20.8. The fourth-order valence-corrected chi connectivity index (χ4v) is 2.70. The highest BCUT2D eigenvalue weighted by atomic mass is 16.6. The number of methoxy groups -OCH3 is 1. The molecule has 1 aromatic heterocycles. The third-order valence-corrected chi connectivity index (χ3v) is 4.11. The highest BCUT2D eigenvalue weighted by Gasteiger charge is 2.18. The normalized spacial score (nSPS) is 11.0. The van der Waals surface area contributed by atoms with Crippen molar-refractivity contribution in [2.24, 2.45) is 0 Å². The summed E-state index contributed by atoms with van der Waals surface area (Å²) in [7, 11) is 1.50. The van der Waals surface area contributed by atoms with Gasteiger partial charge in [0.2, 0.25) is 0 Å². The van der Waals surface area contributed by atoms with Crippen molar-refractivity contribution in [3.63, 3.8) is 0 Å². The van der Waals surface area contributed by atoms with Gasteiger partial charge >= 0.3 is 11.7 Å². The van der Waals surface area contributed by atoms with Crippen LogP contribution in [0.2, 0.25) is 0 Å². The van der Waals surface area contributed by atoms with Crippen LogP contribution >= 0.6 is 0 Å². The van der Waals surface area contributed by atoms with Gasteiger partial charge in [-0.15, -0.1) is 0 Å². The third-order valence-electron chi connectivity index (χ3n) is 4.11. The molecule has 154 valence electrons. The summed E-state index contributed by atoms with van der Waals surface area (Å²) in [5.41, 5.74) is -0.129. The van der Waals surface area contributed by atoms with Crippen molar-refractivity contribution in [2.45, 2.75) is 0 Å². The molecule has 0 bridgehead atoms. The summed E-state index contributed by atoms with van der Waals surface area (Å²) in [5, 5.41) is 13.2. The minimum absolute atomic E-state index is 0.119. The van der Waals surface area contributed by atoms with Gasteiger partial charge in [0.25, 0.3) is 0 Å². The molecule has 1 amide bonds. The van der Waals surface area contributed by atoms with Crippen LogP contribution in [-0.4, -0.2) is 37.3 Å². The summed E-state index contributed by atoms with van der Waals surface area (Å²) in [6.07, 6.45) is 1.97. The lowest BCUT2D eigenvalue weighted by Gasteiger charge is -2.07. The highest BCUT2D eigenvalue weighted by Crippen LogP contribution is 2.26. The van der Waals surface area contributed by atoms with Crippen LogP contribution in [0, 0.1) is 0 Å². The van der Waals surface area contributed by atoms with Crippen LogP contribution in [0.25, 0.3) is 17.0 Å². The first-order valence-electron chi connectivity index (χ1n) is 8.99. The number of nitrogens with one attached hydrogen (secondary N) is 1. The minimum Gasteiger partial charge on any atom is -0.506 e. The third kappa shape index (κ3) is 4.92. The van der Waals surface area contributed by atoms with Crippen LogP contribution in [0.4, 0.5) is 10.5 Å². The van der Waals surface area contributed by atoms with E-state index in [2.05, 4.69) is 5.32 Å². The maximum atomic E-state index is 12.5. The number of carbonyl (C=O) groups excluding carboxylic acids is 2. The van der Waals surface area contributed by atoms with Crippen LogP contribution in [-0.2, 0) is 9.47 Å². The summed E-state index contributed by atoms with van der Waals surface area (Å²) in [4.78, 5) is 36.3. The smallest absolute Gasteiger partial charge is 0.411 e. The second kappa shape index (κ2) is 9.53. The Hall–Kier alpha value is -3.91. The van der Waals surface area contributed by atoms with Crippen LogP contribution in [0.1, 0.15) is 15.9 Å². The second-order valence-corrected chi connectivity index (χ2v) is 6.19. The maximum Gasteiger partial charge on any atom is 0.411 e. The standard InChI is InChI=1S/C22H19NO7/c1-28-11-12-29-22(27)23-15-6-4-5-14(13-15)9-10-17(24)19-20(25)16-7-2-3-8-18(16)30-21(19)26/h2-10,13,25H,11-12H2,1H3,(H,23,27). The maximum absolute atomic E-state index is 12.5. The number of hydrogen-bond donors (Lipinski definition) is 2. The lowest BCUT2D eigenvalue weighted by atomic mass is 10.1. The lowest BCUT2D eigenvalue weighted by Crippen LogP contribution is -2.16. The molecular weight excluding hydrogens is 390 g/mol. The van der Waals surface area contributed by atoms with Gasteiger partial charge in [0, 0.05) is 12.8 Å². The van der Waals surface area contributed by atoms with Gasteiger partial charge in [0.05, 0.1) is 12.0 Å². The Bertz CT molecular complexity index is 1160. The molecular formula is C22H19NO7. The van der Waals surface area contributed by atoms with E-state index in [9.17, 15) is 19.5 Å². The fourth-order valence-electron chi connectivity index (χ4n) is 2.70. The van der Waals surface area contributed by atoms with E-state index in [1.807, 2.05) is 0 Å². The first-order valence-corrected chi connectivity index (χ1v) is 8.99. The monoisotopic (exact) mass is 409 g/mol. The summed E-state index contributed by atoms with van der Waals surface area (Å²) in [6, 6.07) is 13.0. The molecule has 0 aliphatic rings. The zero-order chi connectivity index (χ0) is 21.5. The first-order chi connectivity index (χ1) is 14.5. The van der Waals surface area contributed by atoms with Crippen molar-refractivity contribution in [1.29, 1.82) is 0 Å². The van der Waals surface area contributed by atoms with Gasteiger partial charge in [-0.2, -0.15) is 0 Å². The molecule has 0 spiro atoms. The summed E-state index contributed by atoms with van der Waals surface area (Å²) < 4.78 is 14.8. The molecule has 8 heteroatoms. The van der Waals surface area contributed by atoms with Crippen LogP contribution < -0.4 is 10.9 Å². The van der Waals surface area contributed by atoms with Crippen molar-refractivity contribution < 1.29 is 28.6 Å². The van der Waals surface area contributed by atoms with Crippen molar-refractivity contribution in [3.05, 3.63) is 76.2 Å². The largest absolute Gasteiger partial charge is 0.506 e. The number of aromatic hydroxyl groups is 1. The molecule has 3 rings (SSSR count). The minimum atomic E-state index is -0.921. The number of hydrogen-bond acceptors (Lipinski definition) is 7. The average molecular weight is 409 g/mol. The Morgan fingerprint density at radius 3 is 2.73 bits per heavy atom. The van der Waals surface area contributed by atoms with E-state index in [1.54, 1.807) is 42.5 Å². The predicted molar refractivity (Wildman–Crippen MR) is 111 cm³/mol. The van der Waals surface area contributed by atoms with Gasteiger partial charge < -0.3 is 19.0 Å². The molecule has 0 unspecified atom stereocenters. The van der Waals surface area contributed by atoms with Crippen molar-refractivity contribution in [2.75, 3.05) is 25.6 Å². The van der Waals surface area contributed by atoms with E-state index >= 15 is 0 Å². The van der Waals surface area contributed by atoms with Gasteiger partial charge in [-0.3, -0.25) is 10.1 Å². The van der Waals surface area contributed by atoms with Gasteiger partial charge in [-0.1, -0.05) is 30.3 Å². The van der Waals surface area contributed by atoms with E-state index in [1.165, 1.54) is 19.3 Å². The number of carbonyl (C=O) groups is 2. The average Bonchev–Trinajstić information content (AvgIpc) is 2.73. The quantitative estimate of drug-likeness (QED) is 0.265. The molecule has 2 N–H and O–H groups in total. The van der Waals surface area contributed by atoms with E-state index in [4.69, 9.17) is 13.9 Å². The zero-order valence-electron chi connectivity index (χ0n) is 16.1. The number of benzene rings is 2. The second-order valence-electron chi connectivity index (χ2n) is 6.19. The van der Waals surface area contributed by atoms with Crippen molar-refractivity contribution >= 4 is 34.6 Å². The zero-order valence-corrected chi connectivity index (χ0v) is 16.1. The van der Waals surface area contributed by atoms with E-state index < -0.39 is 28.8 Å². The molecule has 0 atom stereocenters. The molecule has 0 radical (unpaired) electrons. The molecule has 3 aromatic rings. The fraction of sp³-hybridized carbons (Fsp3) is 0.136. The van der Waals surface area contributed by atoms with Gasteiger partial charge in [0.15, 0.2) is 5.78 Å². The van der Waals surface area contributed by atoms with Crippen LogP contribution in [0.15, 0.2) is 63.8 Å². The number of fused-ring (bicyclic) bond motifs is 1. The molecule has 0 saturated carbocycles. The molecule has 8 nitrogen and oxygen atoms in total. The Kier molecular flexibility index (Phi) is 6.61. The molecule has 0 saturated heterocycles. The van der Waals surface area contributed by atoms with Gasteiger partial charge in [-0.05, 0) is 35.9 Å². The Balaban J connectivity index is 1.76. The number of ketones is 1. The van der Waals surface area contributed by atoms with Crippen LogP contribution in [0.3, 0.4) is 0 Å². The summed E-state index contributed by atoms with van der Waals surface area (Å²) in [5.74, 6) is -1.13. The van der Waals surface area contributed by atoms with Gasteiger partial charge in [0.1, 0.15) is 23.5 Å². The Labute approximate surface area is 171 Å². The molecule has 2 aromatic carbocycles. The number of amides is 1. The molecule has 0 fully saturated rings. The lowest BCUT2D eigenvalue weighted by molar-refractivity contribution is 0.104. The number of para-hydroxylation sites is 1. The number of anilines is 1. The van der Waals surface area contributed by atoms with Gasteiger partial charge in [-0.25, -0.2) is 9.59 Å². The topological polar surface area (TPSA) is 115 Å². The van der Waals surface area contributed by atoms with Crippen LogP contribution in [0.5, 0.6) is 5.75 Å². The number of allylic oxidation sites excluding steroid dienone is 1. The number of rotatable bonds is 7. The highest BCUT2D eigenvalue weighted by molar-refractivity contribution is 6.10. The molecule has 0 aliphatic heterocycles. The summed E-state index contributed by atoms with van der Waals surface area (Å²) >= 11 is 0. The SMILES string of the molecule is COCCOC(=O)Nc1cccc(C=CC(=O)c2c(O)c3ccccc3oc2=O)c1. The number of ether oxygens (including phenoxy) is 2. The van der Waals surface area contributed by atoms with E-state index in [0.717, 1.165) is 6.08 Å². The predicted octanol–water partition coefficient (Wildman–Crippen LogP) is 3.59. The molecule has 1 heterocycles.